The molecule has 0 radical (unpaired) electrons. The predicted octanol–water partition coefficient (Wildman–Crippen LogP) is 4.14. The third kappa shape index (κ3) is 4.50. The molecule has 34 heavy (non-hydrogen) atoms. The number of anilines is 1. The quantitative estimate of drug-likeness (QED) is 0.398. The van der Waals surface area contributed by atoms with Crippen molar-refractivity contribution in [2.45, 2.75) is 38.1 Å². The van der Waals surface area contributed by atoms with E-state index in [-0.39, 0.29) is 30.5 Å². The molecule has 0 spiro atoms. The number of hydrogen-bond acceptors (Lipinski definition) is 5. The normalized spacial score (nSPS) is 13.9. The summed E-state index contributed by atoms with van der Waals surface area (Å²) in [5.41, 5.74) is 3.08. The second kappa shape index (κ2) is 9.38. The van der Waals surface area contributed by atoms with Gasteiger partial charge in [0.05, 0.1) is 0 Å². The van der Waals surface area contributed by atoms with Gasteiger partial charge in [0, 0.05) is 12.0 Å². The van der Waals surface area contributed by atoms with Gasteiger partial charge in [0.25, 0.3) is 5.91 Å². The van der Waals surface area contributed by atoms with Gasteiger partial charge in [0.15, 0.2) is 5.82 Å². The molecule has 0 saturated heterocycles. The van der Waals surface area contributed by atoms with Crippen LogP contribution in [0.4, 0.5) is 10.6 Å². The lowest BCUT2D eigenvalue weighted by molar-refractivity contribution is -0.144. The summed E-state index contributed by atoms with van der Waals surface area (Å²) in [5, 5.41) is 20.9. The molecule has 0 fully saturated rings. The molecule has 1 atom stereocenters. The highest BCUT2D eigenvalue weighted by molar-refractivity contribution is 5.97. The molecule has 2 amide bonds. The number of nitrogens with zero attached hydrogens (tertiary/aromatic N) is 1. The SMILES string of the molecule is CCCC(C)(NC(=O)c1cc(NC(=O)OCC2c3ccccc3-c3ccccc32)n[nH]1)C(=O)O. The van der Waals surface area contributed by atoms with Crippen LogP contribution in [0.2, 0.25) is 0 Å². The summed E-state index contributed by atoms with van der Waals surface area (Å²) in [7, 11) is 0. The number of H-pyrrole nitrogens is 1. The molecule has 3 aromatic rings. The Morgan fingerprint density at radius 2 is 1.71 bits per heavy atom. The maximum atomic E-state index is 12.5. The number of fused-ring (bicyclic) bond motifs is 3. The highest BCUT2D eigenvalue weighted by atomic mass is 16.5. The fraction of sp³-hybridized carbons (Fsp3) is 0.280. The Hall–Kier alpha value is -4.14. The van der Waals surface area contributed by atoms with Crippen molar-refractivity contribution < 1.29 is 24.2 Å². The molecule has 4 N–H and O–H groups in total. The van der Waals surface area contributed by atoms with E-state index in [2.05, 4.69) is 33.0 Å². The average molecular weight is 463 g/mol. The Morgan fingerprint density at radius 3 is 2.29 bits per heavy atom. The summed E-state index contributed by atoms with van der Waals surface area (Å²) in [6.45, 7) is 3.43. The minimum Gasteiger partial charge on any atom is -0.480 e. The highest BCUT2D eigenvalue weighted by Gasteiger charge is 2.34. The summed E-state index contributed by atoms with van der Waals surface area (Å²) in [5.74, 6) is -1.74. The fourth-order valence-electron chi connectivity index (χ4n) is 4.28. The predicted molar refractivity (Wildman–Crippen MR) is 126 cm³/mol. The largest absolute Gasteiger partial charge is 0.480 e. The van der Waals surface area contributed by atoms with Crippen molar-refractivity contribution in [3.05, 3.63) is 71.4 Å². The van der Waals surface area contributed by atoms with Gasteiger partial charge in [0.2, 0.25) is 0 Å². The maximum Gasteiger partial charge on any atom is 0.412 e. The van der Waals surface area contributed by atoms with Crippen molar-refractivity contribution in [2.24, 2.45) is 0 Å². The Morgan fingerprint density at radius 1 is 1.09 bits per heavy atom. The first-order valence-electron chi connectivity index (χ1n) is 11.1. The standard InChI is InChI=1S/C25H26N4O5/c1-3-12-25(2,23(31)32)27-22(30)20-13-21(29-28-20)26-24(33)34-14-19-17-10-6-4-8-15(17)16-9-5-7-11-18(16)19/h4-11,13,19H,3,12,14H2,1-2H3,(H,27,30)(H,31,32)(H2,26,28,29,33). The molecule has 1 aromatic heterocycles. The van der Waals surface area contributed by atoms with Crippen molar-refractivity contribution in [3.63, 3.8) is 0 Å². The van der Waals surface area contributed by atoms with Crippen LogP contribution in [-0.2, 0) is 9.53 Å². The van der Waals surface area contributed by atoms with Crippen LogP contribution in [0.15, 0.2) is 54.6 Å². The van der Waals surface area contributed by atoms with E-state index in [1.54, 1.807) is 0 Å². The third-order valence-electron chi connectivity index (χ3n) is 6.01. The summed E-state index contributed by atoms with van der Waals surface area (Å²) >= 11 is 0. The molecule has 1 heterocycles. The average Bonchev–Trinajstić information content (AvgIpc) is 3.40. The number of carboxylic acid groups (broad SMARTS) is 1. The first kappa shape index (κ1) is 23.0. The van der Waals surface area contributed by atoms with Gasteiger partial charge in [-0.1, -0.05) is 61.9 Å². The van der Waals surface area contributed by atoms with E-state index in [0.29, 0.717) is 6.42 Å². The van der Waals surface area contributed by atoms with E-state index < -0.39 is 23.5 Å². The Bertz CT molecular complexity index is 1190. The molecule has 1 unspecified atom stereocenters. The second-order valence-electron chi connectivity index (χ2n) is 8.46. The van der Waals surface area contributed by atoms with Gasteiger partial charge in [-0.2, -0.15) is 5.10 Å². The Balaban J connectivity index is 1.38. The molecule has 4 rings (SSSR count). The molecule has 0 saturated carbocycles. The van der Waals surface area contributed by atoms with Crippen LogP contribution in [-0.4, -0.2) is 45.4 Å². The number of aliphatic carboxylic acids is 1. The molecule has 9 nitrogen and oxygen atoms in total. The molecule has 1 aliphatic carbocycles. The number of carbonyl (C=O) groups is 3. The maximum absolute atomic E-state index is 12.5. The second-order valence-corrected chi connectivity index (χ2v) is 8.46. The van der Waals surface area contributed by atoms with Crippen molar-refractivity contribution in [3.8, 4) is 11.1 Å². The molecule has 176 valence electrons. The molecule has 0 aliphatic heterocycles. The number of ether oxygens (including phenoxy) is 1. The first-order valence-corrected chi connectivity index (χ1v) is 11.1. The number of hydrogen-bond donors (Lipinski definition) is 4. The lowest BCUT2D eigenvalue weighted by atomic mass is 9.96. The molecule has 1 aliphatic rings. The smallest absolute Gasteiger partial charge is 0.412 e. The van der Waals surface area contributed by atoms with E-state index in [4.69, 9.17) is 4.74 Å². The number of aromatic amines is 1. The van der Waals surface area contributed by atoms with Crippen molar-refractivity contribution >= 4 is 23.8 Å². The summed E-state index contributed by atoms with van der Waals surface area (Å²) < 4.78 is 5.48. The molecule has 9 heteroatoms. The Labute approximate surface area is 196 Å². The van der Waals surface area contributed by atoms with Gasteiger partial charge in [-0.15, -0.1) is 0 Å². The van der Waals surface area contributed by atoms with Crippen LogP contribution in [0.25, 0.3) is 11.1 Å². The number of nitrogens with one attached hydrogen (secondary N) is 3. The number of amides is 2. The van der Waals surface area contributed by atoms with Gasteiger partial charge in [0.1, 0.15) is 17.8 Å². The van der Waals surface area contributed by atoms with Crippen LogP contribution in [0.3, 0.4) is 0 Å². The van der Waals surface area contributed by atoms with Gasteiger partial charge < -0.3 is 15.2 Å². The minimum atomic E-state index is -1.41. The van der Waals surface area contributed by atoms with E-state index in [0.717, 1.165) is 22.3 Å². The molecule has 2 aromatic carbocycles. The van der Waals surface area contributed by atoms with Crippen LogP contribution < -0.4 is 10.6 Å². The zero-order valence-electron chi connectivity index (χ0n) is 18.9. The number of rotatable bonds is 8. The topological polar surface area (TPSA) is 133 Å². The number of carbonyl (C=O) groups excluding carboxylic acids is 2. The monoisotopic (exact) mass is 462 g/mol. The van der Waals surface area contributed by atoms with Crippen LogP contribution in [0, 0.1) is 0 Å². The third-order valence-corrected chi connectivity index (χ3v) is 6.01. The van der Waals surface area contributed by atoms with Crippen molar-refractivity contribution in [1.29, 1.82) is 0 Å². The summed E-state index contributed by atoms with van der Waals surface area (Å²) in [6.07, 6.45) is 0.148. The molecular weight excluding hydrogens is 436 g/mol. The number of benzene rings is 2. The summed E-state index contributed by atoms with van der Waals surface area (Å²) in [4.78, 5) is 36.4. The zero-order valence-corrected chi connectivity index (χ0v) is 18.9. The van der Waals surface area contributed by atoms with Crippen molar-refractivity contribution in [1.82, 2.24) is 15.5 Å². The van der Waals surface area contributed by atoms with E-state index in [1.165, 1.54) is 13.0 Å². The zero-order chi connectivity index (χ0) is 24.3. The number of aromatic nitrogens is 2. The van der Waals surface area contributed by atoms with Gasteiger partial charge in [-0.25, -0.2) is 9.59 Å². The lowest BCUT2D eigenvalue weighted by Crippen LogP contribution is -2.52. The van der Waals surface area contributed by atoms with E-state index in [9.17, 15) is 19.5 Å². The first-order chi connectivity index (χ1) is 16.3. The van der Waals surface area contributed by atoms with Crippen LogP contribution in [0.5, 0.6) is 0 Å². The van der Waals surface area contributed by atoms with Gasteiger partial charge in [-0.05, 0) is 35.6 Å². The van der Waals surface area contributed by atoms with Crippen LogP contribution >= 0.6 is 0 Å². The fourth-order valence-corrected chi connectivity index (χ4v) is 4.28. The number of carboxylic acids is 1. The molecular formula is C25H26N4O5. The van der Waals surface area contributed by atoms with Gasteiger partial charge in [-0.3, -0.25) is 15.2 Å². The highest BCUT2D eigenvalue weighted by Crippen LogP contribution is 2.44. The van der Waals surface area contributed by atoms with Crippen LogP contribution in [0.1, 0.15) is 54.2 Å². The van der Waals surface area contributed by atoms with Gasteiger partial charge >= 0.3 is 12.1 Å². The minimum absolute atomic E-state index is 0.0255. The van der Waals surface area contributed by atoms with E-state index in [1.807, 2.05) is 43.3 Å². The Kier molecular flexibility index (Phi) is 6.36. The lowest BCUT2D eigenvalue weighted by Gasteiger charge is -2.25. The van der Waals surface area contributed by atoms with Crippen molar-refractivity contribution in [2.75, 3.05) is 11.9 Å². The van der Waals surface area contributed by atoms with E-state index >= 15 is 0 Å². The summed E-state index contributed by atoms with van der Waals surface area (Å²) in [6, 6.07) is 17.4. The molecule has 0 bridgehead atoms.